The van der Waals surface area contributed by atoms with E-state index in [1.807, 2.05) is 27.7 Å². The summed E-state index contributed by atoms with van der Waals surface area (Å²) in [7, 11) is 0. The highest BCUT2D eigenvalue weighted by Crippen LogP contribution is 2.27. The van der Waals surface area contributed by atoms with Gasteiger partial charge in [-0.1, -0.05) is 6.07 Å². The molecule has 2 amide bonds. The molecule has 0 bridgehead atoms. The fourth-order valence-electron chi connectivity index (χ4n) is 2.41. The molecule has 0 fully saturated rings. The number of hydrogen-bond donors (Lipinski definition) is 3. The summed E-state index contributed by atoms with van der Waals surface area (Å²) in [5.41, 5.74) is 1.54. The van der Waals surface area contributed by atoms with Gasteiger partial charge in [0.05, 0.1) is 10.6 Å². The summed E-state index contributed by atoms with van der Waals surface area (Å²) in [6.07, 6.45) is 0.0288. The minimum absolute atomic E-state index is 0.0288. The van der Waals surface area contributed by atoms with Gasteiger partial charge >= 0.3 is 0 Å². The Hall–Kier alpha value is -2.45. The largest absolute Gasteiger partial charge is 0.490 e. The molecule has 0 atom stereocenters. The molecule has 0 aliphatic heterocycles. The number of anilines is 1. The summed E-state index contributed by atoms with van der Waals surface area (Å²) in [4.78, 5) is 24.6. The van der Waals surface area contributed by atoms with E-state index in [0.29, 0.717) is 27.0 Å². The topological polar surface area (TPSA) is 79.5 Å². The van der Waals surface area contributed by atoms with Crippen molar-refractivity contribution in [2.24, 2.45) is 0 Å². The van der Waals surface area contributed by atoms with Crippen LogP contribution < -0.4 is 20.7 Å². The van der Waals surface area contributed by atoms with Gasteiger partial charge in [0.15, 0.2) is 5.11 Å². The molecule has 0 heterocycles. The summed E-state index contributed by atoms with van der Waals surface area (Å²) in [5, 5.41) is 8.52. The molecule has 2 rings (SSSR count). The van der Waals surface area contributed by atoms with E-state index in [4.69, 9.17) is 17.0 Å². The molecule has 0 saturated heterocycles. The molecule has 8 heteroatoms. The molecule has 0 unspecified atom stereocenters. The number of hydrogen-bond acceptors (Lipinski definition) is 4. The van der Waals surface area contributed by atoms with Crippen LogP contribution in [0.2, 0.25) is 0 Å². The molecule has 2 aromatic carbocycles. The van der Waals surface area contributed by atoms with E-state index in [-0.39, 0.29) is 29.1 Å². The van der Waals surface area contributed by atoms with Gasteiger partial charge < -0.3 is 15.4 Å². The lowest BCUT2D eigenvalue weighted by Gasteiger charge is -2.14. The van der Waals surface area contributed by atoms with Gasteiger partial charge in [-0.3, -0.25) is 14.9 Å². The molecule has 0 aliphatic carbocycles. The predicted molar refractivity (Wildman–Crippen MR) is 123 cm³/mol. The average Bonchev–Trinajstić information content (AvgIpc) is 2.62. The Morgan fingerprint density at radius 1 is 1.00 bits per heavy atom. The van der Waals surface area contributed by atoms with Crippen molar-refractivity contribution in [3.63, 3.8) is 0 Å². The molecule has 0 aliphatic rings. The molecule has 0 spiro atoms. The summed E-state index contributed by atoms with van der Waals surface area (Å²) >= 11 is 8.64. The molecule has 0 saturated carbocycles. The van der Waals surface area contributed by atoms with Crippen molar-refractivity contribution >= 4 is 50.8 Å². The highest BCUT2D eigenvalue weighted by atomic mass is 79.9. The quantitative estimate of drug-likeness (QED) is 0.533. The van der Waals surface area contributed by atoms with Gasteiger partial charge in [-0.2, -0.15) is 0 Å². The summed E-state index contributed by atoms with van der Waals surface area (Å²) in [6.45, 7) is 7.65. The lowest BCUT2D eigenvalue weighted by molar-refractivity contribution is 0.0941. The normalized spacial score (nSPS) is 10.6. The van der Waals surface area contributed by atoms with Crippen LogP contribution in [-0.4, -0.2) is 29.1 Å². The molecule has 3 N–H and O–H groups in total. The Bertz CT molecular complexity index is 916. The van der Waals surface area contributed by atoms with Crippen LogP contribution in [0, 0.1) is 0 Å². The fraction of sp³-hybridized carbons (Fsp3) is 0.286. The van der Waals surface area contributed by atoms with Crippen LogP contribution in [0.1, 0.15) is 48.4 Å². The first-order valence-electron chi connectivity index (χ1n) is 9.15. The summed E-state index contributed by atoms with van der Waals surface area (Å²) in [5.74, 6) is 0.133. The van der Waals surface area contributed by atoms with Gasteiger partial charge in [0.1, 0.15) is 5.75 Å². The van der Waals surface area contributed by atoms with Crippen LogP contribution in [0.15, 0.2) is 46.9 Å². The van der Waals surface area contributed by atoms with Crippen LogP contribution in [0.5, 0.6) is 5.75 Å². The summed E-state index contributed by atoms with van der Waals surface area (Å²) in [6, 6.07) is 12.0. The van der Waals surface area contributed by atoms with Gasteiger partial charge in [0, 0.05) is 22.9 Å². The second kappa shape index (κ2) is 10.4. The lowest BCUT2D eigenvalue weighted by atomic mass is 10.2. The van der Waals surface area contributed by atoms with E-state index in [0.717, 1.165) is 0 Å². The van der Waals surface area contributed by atoms with Crippen LogP contribution in [0.3, 0.4) is 0 Å². The van der Waals surface area contributed by atoms with Crippen molar-refractivity contribution in [2.45, 2.75) is 39.8 Å². The maximum Gasteiger partial charge on any atom is 0.257 e. The predicted octanol–water partition coefficient (Wildman–Crippen LogP) is 4.50. The molecule has 154 valence electrons. The van der Waals surface area contributed by atoms with Gasteiger partial charge in [-0.15, -0.1) is 0 Å². The number of halogens is 1. The number of thiocarbonyl (C=S) groups is 1. The SMILES string of the molecule is CC(C)NC(=O)c1cccc(NC(=S)NC(=O)c2ccc(OC(C)C)c(Br)c2)c1. The standard InChI is InChI=1S/C21H24BrN3O3S/c1-12(2)23-19(26)14-6-5-7-16(10-14)24-21(29)25-20(27)15-8-9-18(17(22)11-15)28-13(3)4/h5-13H,1-4H3,(H,23,26)(H2,24,25,27,29). The maximum absolute atomic E-state index is 12.5. The third-order valence-electron chi connectivity index (χ3n) is 3.59. The van der Waals surface area contributed by atoms with Crippen LogP contribution >= 0.6 is 28.1 Å². The second-order valence-corrected chi connectivity index (χ2v) is 8.19. The average molecular weight is 478 g/mol. The molecule has 0 radical (unpaired) electrons. The van der Waals surface area contributed by atoms with Crippen molar-refractivity contribution in [1.29, 1.82) is 0 Å². The zero-order chi connectivity index (χ0) is 21.6. The molecule has 29 heavy (non-hydrogen) atoms. The minimum atomic E-state index is -0.354. The number of nitrogens with one attached hydrogen (secondary N) is 3. The van der Waals surface area contributed by atoms with E-state index in [2.05, 4.69) is 31.9 Å². The van der Waals surface area contributed by atoms with Crippen LogP contribution in [-0.2, 0) is 0 Å². The molecule has 2 aromatic rings. The van der Waals surface area contributed by atoms with E-state index >= 15 is 0 Å². The molecule has 0 aromatic heterocycles. The van der Waals surface area contributed by atoms with E-state index < -0.39 is 0 Å². The fourth-order valence-corrected chi connectivity index (χ4v) is 3.10. The zero-order valence-corrected chi connectivity index (χ0v) is 19.1. The Morgan fingerprint density at radius 2 is 1.69 bits per heavy atom. The Labute approximate surface area is 184 Å². The maximum atomic E-state index is 12.5. The summed E-state index contributed by atoms with van der Waals surface area (Å²) < 4.78 is 6.33. The number of carbonyl (C=O) groups is 2. The number of benzene rings is 2. The third-order valence-corrected chi connectivity index (χ3v) is 4.41. The Morgan fingerprint density at radius 3 is 2.31 bits per heavy atom. The number of carbonyl (C=O) groups excluding carboxylic acids is 2. The number of rotatable bonds is 6. The first-order chi connectivity index (χ1) is 13.7. The van der Waals surface area contributed by atoms with Gasteiger partial charge in [0.25, 0.3) is 11.8 Å². The first kappa shape index (κ1) is 22.8. The Balaban J connectivity index is 2.01. The van der Waals surface area contributed by atoms with E-state index in [9.17, 15) is 9.59 Å². The highest BCUT2D eigenvalue weighted by molar-refractivity contribution is 9.10. The highest BCUT2D eigenvalue weighted by Gasteiger charge is 2.13. The van der Waals surface area contributed by atoms with Gasteiger partial charge in [0.2, 0.25) is 0 Å². The van der Waals surface area contributed by atoms with Crippen molar-refractivity contribution in [2.75, 3.05) is 5.32 Å². The molecular formula is C21H24BrN3O3S. The van der Waals surface area contributed by atoms with E-state index in [1.54, 1.807) is 42.5 Å². The Kier molecular flexibility index (Phi) is 8.16. The van der Waals surface area contributed by atoms with Gasteiger partial charge in [-0.05, 0) is 92.2 Å². The van der Waals surface area contributed by atoms with Crippen molar-refractivity contribution in [3.05, 3.63) is 58.1 Å². The number of ether oxygens (including phenoxy) is 1. The first-order valence-corrected chi connectivity index (χ1v) is 10.3. The van der Waals surface area contributed by atoms with Crippen molar-refractivity contribution in [1.82, 2.24) is 10.6 Å². The van der Waals surface area contributed by atoms with Crippen LogP contribution in [0.25, 0.3) is 0 Å². The second-order valence-electron chi connectivity index (χ2n) is 6.93. The molecular weight excluding hydrogens is 454 g/mol. The van der Waals surface area contributed by atoms with Crippen molar-refractivity contribution in [3.8, 4) is 5.75 Å². The van der Waals surface area contributed by atoms with Crippen molar-refractivity contribution < 1.29 is 14.3 Å². The monoisotopic (exact) mass is 477 g/mol. The molecule has 6 nitrogen and oxygen atoms in total. The zero-order valence-electron chi connectivity index (χ0n) is 16.7. The third kappa shape index (κ3) is 7.14. The lowest BCUT2D eigenvalue weighted by Crippen LogP contribution is -2.34. The minimum Gasteiger partial charge on any atom is -0.490 e. The van der Waals surface area contributed by atoms with Gasteiger partial charge in [-0.25, -0.2) is 0 Å². The van der Waals surface area contributed by atoms with E-state index in [1.165, 1.54) is 0 Å². The smallest absolute Gasteiger partial charge is 0.257 e. The number of amides is 2. The van der Waals surface area contributed by atoms with Crippen LogP contribution in [0.4, 0.5) is 5.69 Å².